The van der Waals surface area contributed by atoms with E-state index >= 15 is 0 Å². The summed E-state index contributed by atoms with van der Waals surface area (Å²) in [5.74, 6) is -0.00675. The van der Waals surface area contributed by atoms with Crippen LogP contribution in [0, 0.1) is 11.3 Å². The Morgan fingerprint density at radius 1 is 1.50 bits per heavy atom. The Bertz CT molecular complexity index is 457. The molecule has 0 aliphatic rings. The number of hydrogen-bond acceptors (Lipinski definition) is 4. The first-order valence-corrected chi connectivity index (χ1v) is 4.78. The number of aliphatic imine (C=N–C) groups is 1. The molecule has 0 aliphatic heterocycles. The van der Waals surface area contributed by atoms with E-state index in [2.05, 4.69) is 4.99 Å². The molecule has 0 fully saturated rings. The van der Waals surface area contributed by atoms with Gasteiger partial charge in [0.25, 0.3) is 0 Å². The highest BCUT2D eigenvalue weighted by atomic mass is 35.5. The van der Waals surface area contributed by atoms with Crippen molar-refractivity contribution in [2.45, 2.75) is 0 Å². The minimum atomic E-state index is -0.00675. The Morgan fingerprint density at radius 3 is 2.62 bits per heavy atom. The van der Waals surface area contributed by atoms with Crippen LogP contribution in [0.4, 0.5) is 0 Å². The van der Waals surface area contributed by atoms with Crippen LogP contribution in [0.1, 0.15) is 5.56 Å². The third kappa shape index (κ3) is 3.30. The van der Waals surface area contributed by atoms with Crippen molar-refractivity contribution in [1.82, 2.24) is 0 Å². The normalized spacial score (nSPS) is 12.1. The second-order valence-electron chi connectivity index (χ2n) is 2.84. The van der Waals surface area contributed by atoms with E-state index in [1.807, 2.05) is 6.07 Å². The molecule has 2 N–H and O–H groups in total. The van der Waals surface area contributed by atoms with Gasteiger partial charge in [0.2, 0.25) is 5.88 Å². The minimum Gasteiger partial charge on any atom is -0.481 e. The van der Waals surface area contributed by atoms with Gasteiger partial charge in [0.1, 0.15) is 6.07 Å². The van der Waals surface area contributed by atoms with Gasteiger partial charge in [-0.15, -0.1) is 0 Å². The summed E-state index contributed by atoms with van der Waals surface area (Å²) in [5, 5.41) is 9.39. The molecule has 4 nitrogen and oxygen atoms in total. The van der Waals surface area contributed by atoms with Crippen LogP contribution in [0.5, 0.6) is 0 Å². The average molecular weight is 236 g/mol. The zero-order valence-corrected chi connectivity index (χ0v) is 9.40. The lowest BCUT2D eigenvalue weighted by molar-refractivity contribution is 0.284. The molecule has 0 unspecified atom stereocenters. The number of nitrogens with two attached hydrogens (primary N) is 1. The SMILES string of the molecule is CO/C(N)=C(\C#N)N=Cc1ccc(Cl)cc1. The lowest BCUT2D eigenvalue weighted by Crippen LogP contribution is -2.02. The fourth-order valence-electron chi connectivity index (χ4n) is 0.932. The molecule has 0 saturated carbocycles. The van der Waals surface area contributed by atoms with Gasteiger partial charge in [-0.25, -0.2) is 4.99 Å². The number of ether oxygens (including phenoxy) is 1. The van der Waals surface area contributed by atoms with Crippen molar-refractivity contribution < 1.29 is 4.74 Å². The molecule has 0 saturated heterocycles. The Hall–Kier alpha value is -1.99. The Kier molecular flexibility index (Phi) is 4.37. The predicted molar refractivity (Wildman–Crippen MR) is 62.9 cm³/mol. The maximum absolute atomic E-state index is 8.75. The molecule has 82 valence electrons. The van der Waals surface area contributed by atoms with Crippen LogP contribution in [0.2, 0.25) is 5.02 Å². The summed E-state index contributed by atoms with van der Waals surface area (Å²) in [5.41, 5.74) is 6.28. The average Bonchev–Trinajstić information content (AvgIpc) is 2.31. The van der Waals surface area contributed by atoms with Crippen molar-refractivity contribution in [3.05, 3.63) is 46.4 Å². The van der Waals surface area contributed by atoms with Crippen molar-refractivity contribution >= 4 is 17.8 Å². The highest BCUT2D eigenvalue weighted by molar-refractivity contribution is 6.30. The number of allylic oxidation sites excluding steroid dienone is 1. The van der Waals surface area contributed by atoms with Gasteiger partial charge in [-0.05, 0) is 17.7 Å². The van der Waals surface area contributed by atoms with Crippen molar-refractivity contribution in [2.24, 2.45) is 10.7 Å². The fraction of sp³-hybridized carbons (Fsp3) is 0.0909. The van der Waals surface area contributed by atoms with Crippen LogP contribution in [-0.2, 0) is 4.74 Å². The number of hydrogen-bond donors (Lipinski definition) is 1. The molecule has 1 rings (SSSR count). The Morgan fingerprint density at radius 2 is 2.12 bits per heavy atom. The van der Waals surface area contributed by atoms with Crippen LogP contribution in [0.3, 0.4) is 0 Å². The van der Waals surface area contributed by atoms with E-state index in [0.29, 0.717) is 5.02 Å². The van der Waals surface area contributed by atoms with E-state index in [4.69, 9.17) is 27.3 Å². The largest absolute Gasteiger partial charge is 0.481 e. The molecule has 0 spiro atoms. The van der Waals surface area contributed by atoms with Gasteiger partial charge < -0.3 is 10.5 Å². The maximum atomic E-state index is 8.75. The molecule has 0 amide bonds. The van der Waals surface area contributed by atoms with Gasteiger partial charge in [-0.3, -0.25) is 0 Å². The minimum absolute atomic E-state index is 0.00675. The fourth-order valence-corrected chi connectivity index (χ4v) is 1.06. The third-order valence-corrected chi connectivity index (χ3v) is 2.02. The van der Waals surface area contributed by atoms with Crippen LogP contribution in [-0.4, -0.2) is 13.3 Å². The van der Waals surface area contributed by atoms with Crippen LogP contribution >= 0.6 is 11.6 Å². The molecule has 5 heteroatoms. The van der Waals surface area contributed by atoms with Gasteiger partial charge in [-0.1, -0.05) is 23.7 Å². The van der Waals surface area contributed by atoms with Crippen molar-refractivity contribution in [1.29, 1.82) is 5.26 Å². The molecule has 0 heterocycles. The van der Waals surface area contributed by atoms with E-state index in [9.17, 15) is 0 Å². The number of rotatable bonds is 3. The first kappa shape index (κ1) is 12.1. The van der Waals surface area contributed by atoms with E-state index < -0.39 is 0 Å². The van der Waals surface area contributed by atoms with E-state index in [1.54, 1.807) is 24.3 Å². The molecule has 0 aliphatic carbocycles. The van der Waals surface area contributed by atoms with Gasteiger partial charge in [0.05, 0.1) is 7.11 Å². The molecule has 0 bridgehead atoms. The van der Waals surface area contributed by atoms with E-state index in [1.165, 1.54) is 13.3 Å². The highest BCUT2D eigenvalue weighted by Crippen LogP contribution is 2.08. The van der Waals surface area contributed by atoms with E-state index in [0.717, 1.165) is 5.56 Å². The standard InChI is InChI=1S/C11H10ClN3O/c1-16-11(14)10(6-13)15-7-8-2-4-9(12)5-3-8/h2-5,7H,14H2,1H3/b11-10+,15-7?. The maximum Gasteiger partial charge on any atom is 0.221 e. The Balaban J connectivity index is 2.89. The smallest absolute Gasteiger partial charge is 0.221 e. The number of nitrogens with zero attached hydrogens (tertiary/aromatic N) is 2. The molecule has 0 atom stereocenters. The van der Waals surface area contributed by atoms with Gasteiger partial charge in [-0.2, -0.15) is 5.26 Å². The van der Waals surface area contributed by atoms with Crippen LogP contribution in [0.15, 0.2) is 40.8 Å². The van der Waals surface area contributed by atoms with Crippen LogP contribution < -0.4 is 5.73 Å². The quantitative estimate of drug-likeness (QED) is 0.495. The topological polar surface area (TPSA) is 71.4 Å². The Labute approximate surface area is 98.6 Å². The molecule has 0 radical (unpaired) electrons. The van der Waals surface area contributed by atoms with Crippen molar-refractivity contribution in [3.8, 4) is 6.07 Å². The molecular formula is C11H10ClN3O. The summed E-state index contributed by atoms with van der Waals surface area (Å²) in [7, 11) is 1.38. The first-order valence-electron chi connectivity index (χ1n) is 4.41. The summed E-state index contributed by atoms with van der Waals surface area (Å²) < 4.78 is 4.71. The number of halogens is 1. The molecule has 1 aromatic carbocycles. The van der Waals surface area contributed by atoms with E-state index in [-0.39, 0.29) is 11.6 Å². The summed E-state index contributed by atoms with van der Waals surface area (Å²) in [4.78, 5) is 3.91. The first-order chi connectivity index (χ1) is 7.67. The summed E-state index contributed by atoms with van der Waals surface area (Å²) in [6.45, 7) is 0. The predicted octanol–water partition coefficient (Wildman–Crippen LogP) is 2.06. The zero-order chi connectivity index (χ0) is 12.0. The van der Waals surface area contributed by atoms with Crippen LogP contribution in [0.25, 0.3) is 0 Å². The number of methoxy groups -OCH3 is 1. The van der Waals surface area contributed by atoms with Crippen molar-refractivity contribution in [3.63, 3.8) is 0 Å². The monoisotopic (exact) mass is 235 g/mol. The van der Waals surface area contributed by atoms with Gasteiger partial charge in [0, 0.05) is 11.2 Å². The molecule has 0 aromatic heterocycles. The molecular weight excluding hydrogens is 226 g/mol. The third-order valence-electron chi connectivity index (χ3n) is 1.77. The highest BCUT2D eigenvalue weighted by Gasteiger charge is 1.99. The molecule has 16 heavy (non-hydrogen) atoms. The second-order valence-corrected chi connectivity index (χ2v) is 3.27. The lowest BCUT2D eigenvalue weighted by atomic mass is 10.2. The summed E-state index contributed by atoms with van der Waals surface area (Å²) in [6, 6.07) is 8.87. The summed E-state index contributed by atoms with van der Waals surface area (Å²) in [6.07, 6.45) is 1.51. The number of nitriles is 1. The lowest BCUT2D eigenvalue weighted by Gasteiger charge is -1.98. The number of benzene rings is 1. The van der Waals surface area contributed by atoms with Gasteiger partial charge in [0.15, 0.2) is 5.70 Å². The van der Waals surface area contributed by atoms with Crippen molar-refractivity contribution in [2.75, 3.05) is 7.11 Å². The second kappa shape index (κ2) is 5.79. The zero-order valence-electron chi connectivity index (χ0n) is 8.64. The molecule has 1 aromatic rings. The summed E-state index contributed by atoms with van der Waals surface area (Å²) >= 11 is 5.73. The van der Waals surface area contributed by atoms with Gasteiger partial charge >= 0.3 is 0 Å².